The smallest absolute Gasteiger partial charge is 0.255 e. The summed E-state index contributed by atoms with van der Waals surface area (Å²) in [4.78, 5) is 27.5. The number of hydrogen-bond donors (Lipinski definition) is 3. The highest BCUT2D eigenvalue weighted by atomic mass is 16.1. The Labute approximate surface area is 225 Å². The van der Waals surface area contributed by atoms with Crippen LogP contribution in [-0.2, 0) is 0 Å². The Bertz CT molecular complexity index is 1800. The first kappa shape index (κ1) is 23.2. The lowest BCUT2D eigenvalue weighted by Crippen LogP contribution is -2.29. The van der Waals surface area contributed by atoms with Crippen molar-refractivity contribution in [2.45, 2.75) is 19.3 Å². The van der Waals surface area contributed by atoms with Crippen LogP contribution in [0, 0.1) is 0 Å². The molecular formula is C31H27N7O. The van der Waals surface area contributed by atoms with Crippen molar-refractivity contribution in [2.75, 3.05) is 23.3 Å². The van der Waals surface area contributed by atoms with Crippen molar-refractivity contribution >= 4 is 39.1 Å². The third-order valence-corrected chi connectivity index (χ3v) is 7.40. The van der Waals surface area contributed by atoms with E-state index in [4.69, 9.17) is 0 Å². The normalized spacial score (nSPS) is 13.7. The van der Waals surface area contributed by atoms with Crippen molar-refractivity contribution in [2.24, 2.45) is 0 Å². The fourth-order valence-corrected chi connectivity index (χ4v) is 5.41. The minimum atomic E-state index is -0.167. The van der Waals surface area contributed by atoms with E-state index in [1.807, 2.05) is 48.8 Å². The summed E-state index contributed by atoms with van der Waals surface area (Å²) in [6.45, 7) is 2.13. The van der Waals surface area contributed by atoms with Crippen LogP contribution in [0.4, 0.5) is 11.4 Å². The number of carbonyl (C=O) groups is 1. The van der Waals surface area contributed by atoms with Crippen molar-refractivity contribution in [3.05, 3.63) is 91.0 Å². The lowest BCUT2D eigenvalue weighted by atomic mass is 10.0. The number of rotatable bonds is 5. The Hall–Kier alpha value is -4.98. The molecule has 8 nitrogen and oxygen atoms in total. The molecule has 1 amide bonds. The van der Waals surface area contributed by atoms with E-state index in [-0.39, 0.29) is 5.91 Å². The lowest BCUT2D eigenvalue weighted by Gasteiger charge is -2.28. The monoisotopic (exact) mass is 513 g/mol. The summed E-state index contributed by atoms with van der Waals surface area (Å²) in [6, 6.07) is 19.5. The highest BCUT2D eigenvalue weighted by Crippen LogP contribution is 2.35. The van der Waals surface area contributed by atoms with Crippen LogP contribution < -0.4 is 10.2 Å². The number of anilines is 2. The fraction of sp³-hybridized carbons (Fsp3) is 0.161. The summed E-state index contributed by atoms with van der Waals surface area (Å²) < 4.78 is 0. The van der Waals surface area contributed by atoms with Gasteiger partial charge in [-0.05, 0) is 61.2 Å². The molecule has 1 aliphatic heterocycles. The van der Waals surface area contributed by atoms with Crippen LogP contribution in [0.2, 0.25) is 0 Å². The Morgan fingerprint density at radius 1 is 0.795 bits per heavy atom. The van der Waals surface area contributed by atoms with Crippen LogP contribution in [0.25, 0.3) is 44.3 Å². The van der Waals surface area contributed by atoms with E-state index in [9.17, 15) is 4.79 Å². The summed E-state index contributed by atoms with van der Waals surface area (Å²) in [6.07, 6.45) is 11.0. The Balaban J connectivity index is 1.22. The van der Waals surface area contributed by atoms with E-state index in [0.717, 1.165) is 52.0 Å². The topological polar surface area (TPSA) is 103 Å². The molecule has 7 rings (SSSR count). The van der Waals surface area contributed by atoms with Gasteiger partial charge in [-0.1, -0.05) is 24.3 Å². The molecule has 1 saturated heterocycles. The molecule has 6 aromatic rings. The van der Waals surface area contributed by atoms with Crippen LogP contribution in [0.1, 0.15) is 29.6 Å². The van der Waals surface area contributed by atoms with Crippen molar-refractivity contribution in [1.29, 1.82) is 0 Å². The van der Waals surface area contributed by atoms with Crippen LogP contribution in [-0.4, -0.2) is 44.1 Å². The third kappa shape index (κ3) is 4.40. The van der Waals surface area contributed by atoms with Gasteiger partial charge in [0.15, 0.2) is 0 Å². The van der Waals surface area contributed by atoms with Crippen LogP contribution in [0.3, 0.4) is 0 Å². The van der Waals surface area contributed by atoms with Crippen LogP contribution in [0.5, 0.6) is 0 Å². The van der Waals surface area contributed by atoms with Gasteiger partial charge in [0.25, 0.3) is 5.91 Å². The van der Waals surface area contributed by atoms with Gasteiger partial charge in [-0.25, -0.2) is 0 Å². The van der Waals surface area contributed by atoms with E-state index in [1.54, 1.807) is 24.5 Å². The SMILES string of the molecule is O=C(Nc1cncc(-c2ccc3[nH]nc(-c4cc5c(N6CCCCC6)cncc5[nH]4)c3c2)c1)c1ccccc1. The zero-order valence-corrected chi connectivity index (χ0v) is 21.3. The average Bonchev–Trinajstić information content (AvgIpc) is 3.62. The molecule has 1 fully saturated rings. The predicted octanol–water partition coefficient (Wildman–Crippen LogP) is 6.41. The molecule has 39 heavy (non-hydrogen) atoms. The van der Waals surface area contributed by atoms with E-state index in [1.165, 1.54) is 30.3 Å². The predicted molar refractivity (Wildman–Crippen MR) is 155 cm³/mol. The molecule has 0 radical (unpaired) electrons. The van der Waals surface area contributed by atoms with Gasteiger partial charge in [-0.2, -0.15) is 5.10 Å². The second-order valence-corrected chi connectivity index (χ2v) is 9.97. The molecule has 0 unspecified atom stereocenters. The van der Waals surface area contributed by atoms with Gasteiger partial charge < -0.3 is 15.2 Å². The zero-order chi connectivity index (χ0) is 26.2. The van der Waals surface area contributed by atoms with Gasteiger partial charge in [0.05, 0.1) is 46.7 Å². The highest BCUT2D eigenvalue weighted by molar-refractivity contribution is 6.04. The number of nitrogens with zero attached hydrogens (tertiary/aromatic N) is 4. The third-order valence-electron chi connectivity index (χ3n) is 7.40. The number of H-pyrrole nitrogens is 2. The van der Waals surface area contributed by atoms with Crippen molar-refractivity contribution in [3.63, 3.8) is 0 Å². The molecule has 8 heteroatoms. The van der Waals surface area contributed by atoms with E-state index >= 15 is 0 Å². The van der Waals surface area contributed by atoms with Crippen molar-refractivity contribution < 1.29 is 4.79 Å². The van der Waals surface area contributed by atoms with Crippen molar-refractivity contribution in [3.8, 4) is 22.5 Å². The number of aromatic amines is 2. The van der Waals surface area contributed by atoms with Gasteiger partial charge in [-0.3, -0.25) is 19.9 Å². The number of piperidine rings is 1. The van der Waals surface area contributed by atoms with Gasteiger partial charge in [0.1, 0.15) is 5.69 Å². The zero-order valence-electron chi connectivity index (χ0n) is 21.3. The molecule has 2 aromatic carbocycles. The number of nitrogens with one attached hydrogen (secondary N) is 3. The van der Waals surface area contributed by atoms with Gasteiger partial charge in [0.2, 0.25) is 0 Å². The number of fused-ring (bicyclic) bond motifs is 2. The molecule has 3 N–H and O–H groups in total. The molecule has 0 spiro atoms. The van der Waals surface area contributed by atoms with Crippen LogP contribution >= 0.6 is 0 Å². The van der Waals surface area contributed by atoms with E-state index < -0.39 is 0 Å². The summed E-state index contributed by atoms with van der Waals surface area (Å²) in [5.41, 5.74) is 8.07. The van der Waals surface area contributed by atoms with Gasteiger partial charge in [0, 0.05) is 41.2 Å². The molecule has 0 atom stereocenters. The first-order chi connectivity index (χ1) is 19.2. The average molecular weight is 514 g/mol. The maximum atomic E-state index is 12.6. The van der Waals surface area contributed by atoms with Gasteiger partial charge >= 0.3 is 0 Å². The summed E-state index contributed by atoms with van der Waals surface area (Å²) in [7, 11) is 0. The molecule has 5 heterocycles. The molecule has 192 valence electrons. The van der Waals surface area contributed by atoms with E-state index in [0.29, 0.717) is 11.3 Å². The minimum Gasteiger partial charge on any atom is -0.370 e. The summed E-state index contributed by atoms with van der Waals surface area (Å²) in [5, 5.41) is 13.0. The second kappa shape index (κ2) is 9.72. The first-order valence-corrected chi connectivity index (χ1v) is 13.2. The molecule has 4 aromatic heterocycles. The van der Waals surface area contributed by atoms with Gasteiger partial charge in [-0.15, -0.1) is 0 Å². The standard InChI is InChI=1S/C31H27N7O/c39-31(20-7-3-1-4-8-20)34-23-13-22(16-32-17-23)21-9-10-26-25(14-21)30(37-36-26)27-15-24-28(35-27)18-33-19-29(24)38-11-5-2-6-12-38/h1,3-4,7-10,13-19,35H,2,5-6,11-12H2,(H,34,39)(H,36,37). The number of benzene rings is 2. The maximum Gasteiger partial charge on any atom is 0.255 e. The Morgan fingerprint density at radius 3 is 2.51 bits per heavy atom. The molecule has 0 saturated carbocycles. The number of aromatic nitrogens is 5. The molecule has 1 aliphatic rings. The fourth-order valence-electron chi connectivity index (χ4n) is 5.41. The Kier molecular flexibility index (Phi) is 5.77. The summed E-state index contributed by atoms with van der Waals surface area (Å²) >= 11 is 0. The first-order valence-electron chi connectivity index (χ1n) is 13.2. The number of pyridine rings is 2. The van der Waals surface area contributed by atoms with E-state index in [2.05, 4.69) is 47.5 Å². The quantitative estimate of drug-likeness (QED) is 0.247. The van der Waals surface area contributed by atoms with Crippen LogP contribution in [0.15, 0.2) is 85.5 Å². The largest absolute Gasteiger partial charge is 0.370 e. The molecular weight excluding hydrogens is 486 g/mol. The number of carbonyl (C=O) groups excluding carboxylic acids is 1. The minimum absolute atomic E-state index is 0.167. The number of amides is 1. The summed E-state index contributed by atoms with van der Waals surface area (Å²) in [5.74, 6) is -0.167. The number of hydrogen-bond acceptors (Lipinski definition) is 5. The lowest BCUT2D eigenvalue weighted by molar-refractivity contribution is 0.102. The second-order valence-electron chi connectivity index (χ2n) is 9.97. The molecule has 0 aliphatic carbocycles. The maximum absolute atomic E-state index is 12.6. The highest BCUT2D eigenvalue weighted by Gasteiger charge is 2.18. The molecule has 0 bridgehead atoms. The Morgan fingerprint density at radius 2 is 1.64 bits per heavy atom. The van der Waals surface area contributed by atoms with Crippen molar-refractivity contribution in [1.82, 2.24) is 25.1 Å².